The molecule has 0 aliphatic carbocycles. The van der Waals surface area contributed by atoms with Gasteiger partial charge in [0.15, 0.2) is 0 Å². The number of rotatable bonds is 4. The van der Waals surface area contributed by atoms with Crippen molar-refractivity contribution in [3.05, 3.63) is 63.2 Å². The second-order valence-electron chi connectivity index (χ2n) is 4.19. The van der Waals surface area contributed by atoms with Crippen LogP contribution < -0.4 is 4.74 Å². The maximum absolute atomic E-state index is 10.9. The fraction of sp³-hybridized carbons (Fsp3) is 0.143. The molecular weight excluding hydrogens is 282 g/mol. The Labute approximate surface area is 120 Å². The Kier molecular flexibility index (Phi) is 4.22. The first-order chi connectivity index (χ1) is 9.49. The van der Waals surface area contributed by atoms with Crippen molar-refractivity contribution in [2.75, 3.05) is 0 Å². The molecule has 0 unspecified atom stereocenters. The largest absolute Gasteiger partial charge is 0.449 e. The van der Waals surface area contributed by atoms with Crippen molar-refractivity contribution in [2.45, 2.75) is 13.0 Å². The van der Waals surface area contributed by atoms with Gasteiger partial charge >= 0.3 is 5.69 Å². The first-order valence-electron chi connectivity index (χ1n) is 5.88. The van der Waals surface area contributed by atoms with Crippen LogP contribution in [0.2, 0.25) is 5.02 Å². The van der Waals surface area contributed by atoms with Gasteiger partial charge in [-0.3, -0.25) is 10.1 Å². The van der Waals surface area contributed by atoms with E-state index < -0.39 is 11.0 Å². The molecule has 0 saturated heterocycles. The summed E-state index contributed by atoms with van der Waals surface area (Å²) in [6.07, 6.45) is -0.585. The van der Waals surface area contributed by atoms with Crippen molar-refractivity contribution in [1.82, 2.24) is 0 Å². The standard InChI is InChI=1S/C14H12ClNO4/c1-9(17)10-5-7-11(8-6-10)20-14-12(15)3-2-4-13(14)16(18)19/h2-9,17H,1H3/t9-/m1/s1. The summed E-state index contributed by atoms with van der Waals surface area (Å²) in [7, 11) is 0. The van der Waals surface area contributed by atoms with Gasteiger partial charge in [-0.15, -0.1) is 0 Å². The molecule has 0 spiro atoms. The number of nitro benzene ring substituents is 1. The molecule has 0 aliphatic rings. The lowest BCUT2D eigenvalue weighted by molar-refractivity contribution is -0.385. The zero-order valence-electron chi connectivity index (χ0n) is 10.6. The number of hydrogen-bond acceptors (Lipinski definition) is 4. The number of halogens is 1. The Balaban J connectivity index is 2.32. The van der Waals surface area contributed by atoms with Gasteiger partial charge in [0.05, 0.1) is 16.0 Å². The fourth-order valence-corrected chi connectivity index (χ4v) is 1.88. The maximum Gasteiger partial charge on any atom is 0.313 e. The van der Waals surface area contributed by atoms with Gasteiger partial charge in [0.25, 0.3) is 0 Å². The van der Waals surface area contributed by atoms with E-state index in [9.17, 15) is 15.2 Å². The van der Waals surface area contributed by atoms with E-state index in [-0.39, 0.29) is 16.5 Å². The number of para-hydroxylation sites is 1. The molecule has 2 rings (SSSR count). The second kappa shape index (κ2) is 5.90. The van der Waals surface area contributed by atoms with Crippen LogP contribution in [0.4, 0.5) is 5.69 Å². The number of hydrogen-bond donors (Lipinski definition) is 1. The van der Waals surface area contributed by atoms with Crippen molar-refractivity contribution in [3.63, 3.8) is 0 Å². The summed E-state index contributed by atoms with van der Waals surface area (Å²) in [4.78, 5) is 10.4. The Morgan fingerprint density at radius 1 is 1.25 bits per heavy atom. The van der Waals surface area contributed by atoms with Gasteiger partial charge in [-0.2, -0.15) is 0 Å². The molecule has 0 fully saturated rings. The highest BCUT2D eigenvalue weighted by atomic mass is 35.5. The lowest BCUT2D eigenvalue weighted by Crippen LogP contribution is -1.95. The molecule has 6 heteroatoms. The van der Waals surface area contributed by atoms with Crippen LogP contribution in [0.5, 0.6) is 11.5 Å². The SMILES string of the molecule is C[C@@H](O)c1ccc(Oc2c(Cl)cccc2[N+](=O)[O-])cc1. The fourth-order valence-electron chi connectivity index (χ4n) is 1.67. The number of aliphatic hydroxyl groups is 1. The van der Waals surface area contributed by atoms with Crippen LogP contribution >= 0.6 is 11.6 Å². The maximum atomic E-state index is 10.9. The molecular formula is C14H12ClNO4. The molecule has 0 aromatic heterocycles. The van der Waals surface area contributed by atoms with E-state index in [0.717, 1.165) is 5.56 Å². The van der Waals surface area contributed by atoms with E-state index in [1.54, 1.807) is 31.2 Å². The van der Waals surface area contributed by atoms with Gasteiger partial charge in [0.2, 0.25) is 5.75 Å². The summed E-state index contributed by atoms with van der Waals surface area (Å²) in [5.41, 5.74) is 0.531. The van der Waals surface area contributed by atoms with Crippen LogP contribution in [0.3, 0.4) is 0 Å². The van der Waals surface area contributed by atoms with Crippen LogP contribution in [-0.4, -0.2) is 10.0 Å². The summed E-state index contributed by atoms with van der Waals surface area (Å²) in [6.45, 7) is 1.65. The highest BCUT2D eigenvalue weighted by Gasteiger charge is 2.19. The first kappa shape index (κ1) is 14.3. The topological polar surface area (TPSA) is 72.6 Å². The minimum absolute atomic E-state index is 0.00367. The normalized spacial score (nSPS) is 11.9. The predicted octanol–water partition coefficient (Wildman–Crippen LogP) is 4.09. The van der Waals surface area contributed by atoms with E-state index in [4.69, 9.17) is 16.3 Å². The average molecular weight is 294 g/mol. The van der Waals surface area contributed by atoms with Gasteiger partial charge in [-0.1, -0.05) is 29.8 Å². The molecule has 104 valence electrons. The molecule has 1 atom stereocenters. The number of nitro groups is 1. The summed E-state index contributed by atoms with van der Waals surface area (Å²) in [5, 5.41) is 20.5. The predicted molar refractivity (Wildman–Crippen MR) is 75.3 cm³/mol. The summed E-state index contributed by atoms with van der Waals surface area (Å²) in [5.74, 6) is 0.412. The van der Waals surface area contributed by atoms with Crippen molar-refractivity contribution >= 4 is 17.3 Å². The van der Waals surface area contributed by atoms with Gasteiger partial charge in [0, 0.05) is 6.07 Å². The van der Waals surface area contributed by atoms with Crippen molar-refractivity contribution in [3.8, 4) is 11.5 Å². The van der Waals surface area contributed by atoms with E-state index in [1.165, 1.54) is 18.2 Å². The monoisotopic (exact) mass is 293 g/mol. The second-order valence-corrected chi connectivity index (χ2v) is 4.60. The van der Waals surface area contributed by atoms with Crippen LogP contribution in [0.15, 0.2) is 42.5 Å². The number of nitrogens with zero attached hydrogens (tertiary/aromatic N) is 1. The minimum Gasteiger partial charge on any atom is -0.449 e. The molecule has 20 heavy (non-hydrogen) atoms. The lowest BCUT2D eigenvalue weighted by atomic mass is 10.1. The van der Waals surface area contributed by atoms with Crippen molar-refractivity contribution in [1.29, 1.82) is 0 Å². The van der Waals surface area contributed by atoms with E-state index >= 15 is 0 Å². The van der Waals surface area contributed by atoms with Crippen molar-refractivity contribution in [2.24, 2.45) is 0 Å². The average Bonchev–Trinajstić information content (AvgIpc) is 2.41. The number of ether oxygens (including phenoxy) is 1. The molecule has 0 aliphatic heterocycles. The third-order valence-electron chi connectivity index (χ3n) is 2.73. The van der Waals surface area contributed by atoms with Crippen LogP contribution in [0, 0.1) is 10.1 Å². The van der Waals surface area contributed by atoms with Crippen LogP contribution in [-0.2, 0) is 0 Å². The van der Waals surface area contributed by atoms with E-state index in [1.807, 2.05) is 0 Å². The van der Waals surface area contributed by atoms with E-state index in [0.29, 0.717) is 5.75 Å². The summed E-state index contributed by atoms with van der Waals surface area (Å²) >= 11 is 5.94. The van der Waals surface area contributed by atoms with Gasteiger partial charge in [0.1, 0.15) is 5.75 Å². The molecule has 0 amide bonds. The Hall–Kier alpha value is -2.11. The molecule has 0 radical (unpaired) electrons. The zero-order valence-corrected chi connectivity index (χ0v) is 11.4. The van der Waals surface area contributed by atoms with E-state index in [2.05, 4.69) is 0 Å². The van der Waals surface area contributed by atoms with Gasteiger partial charge in [-0.25, -0.2) is 0 Å². The molecule has 2 aromatic rings. The smallest absolute Gasteiger partial charge is 0.313 e. The summed E-state index contributed by atoms with van der Waals surface area (Å²) in [6, 6.07) is 10.9. The Morgan fingerprint density at radius 2 is 1.90 bits per heavy atom. The summed E-state index contributed by atoms with van der Waals surface area (Å²) < 4.78 is 5.48. The lowest BCUT2D eigenvalue weighted by Gasteiger charge is -2.09. The van der Waals surface area contributed by atoms with Crippen LogP contribution in [0.25, 0.3) is 0 Å². The van der Waals surface area contributed by atoms with Gasteiger partial charge in [-0.05, 0) is 30.7 Å². The molecule has 0 saturated carbocycles. The highest BCUT2D eigenvalue weighted by molar-refractivity contribution is 6.32. The zero-order chi connectivity index (χ0) is 14.7. The third kappa shape index (κ3) is 3.07. The first-order valence-corrected chi connectivity index (χ1v) is 6.25. The number of aliphatic hydroxyl groups excluding tert-OH is 1. The third-order valence-corrected chi connectivity index (χ3v) is 3.02. The molecule has 2 aromatic carbocycles. The van der Waals surface area contributed by atoms with Crippen LogP contribution in [0.1, 0.15) is 18.6 Å². The quantitative estimate of drug-likeness (QED) is 0.680. The van der Waals surface area contributed by atoms with Gasteiger partial charge < -0.3 is 9.84 Å². The Bertz CT molecular complexity index is 626. The molecule has 5 nitrogen and oxygen atoms in total. The molecule has 0 heterocycles. The minimum atomic E-state index is -0.585. The molecule has 1 N–H and O–H groups in total. The molecule has 0 bridgehead atoms. The number of benzene rings is 2. The Morgan fingerprint density at radius 3 is 2.45 bits per heavy atom. The van der Waals surface area contributed by atoms with Crippen molar-refractivity contribution < 1.29 is 14.8 Å². The highest BCUT2D eigenvalue weighted by Crippen LogP contribution is 2.37.